The van der Waals surface area contributed by atoms with Crippen LogP contribution in [-0.4, -0.2) is 0 Å². The molecule has 0 saturated carbocycles. The van der Waals surface area contributed by atoms with Gasteiger partial charge in [-0.1, -0.05) is 19.1 Å². The SMILES string of the molecule is C\C=C(F)/C(=C\C=C\F)CC. The van der Waals surface area contributed by atoms with Crippen LogP contribution in [-0.2, 0) is 0 Å². The monoisotopic (exact) mass is 158 g/mol. The number of hydrogen-bond donors (Lipinski definition) is 0. The molecule has 0 saturated heterocycles. The highest BCUT2D eigenvalue weighted by Crippen LogP contribution is 2.14. The molecule has 0 aromatic heterocycles. The molecule has 0 aromatic carbocycles. The van der Waals surface area contributed by atoms with Crippen molar-refractivity contribution >= 4 is 0 Å². The molecule has 2 heteroatoms. The predicted octanol–water partition coefficient (Wildman–Crippen LogP) is 3.68. The van der Waals surface area contributed by atoms with E-state index in [9.17, 15) is 8.78 Å². The summed E-state index contributed by atoms with van der Waals surface area (Å²) in [5.41, 5.74) is 0.515. The molecular formula is C9H12F2. The zero-order valence-electron chi connectivity index (χ0n) is 6.77. The molecule has 0 aromatic rings. The van der Waals surface area contributed by atoms with Gasteiger partial charge in [0.25, 0.3) is 0 Å². The van der Waals surface area contributed by atoms with Crippen LogP contribution in [0.4, 0.5) is 8.78 Å². The van der Waals surface area contributed by atoms with Crippen LogP contribution in [0, 0.1) is 0 Å². The van der Waals surface area contributed by atoms with Gasteiger partial charge in [0.05, 0.1) is 6.33 Å². The molecular weight excluding hydrogens is 146 g/mol. The van der Waals surface area contributed by atoms with Gasteiger partial charge >= 0.3 is 0 Å². The average Bonchev–Trinajstić information content (AvgIpc) is 2.05. The van der Waals surface area contributed by atoms with Gasteiger partial charge in [-0.3, -0.25) is 0 Å². The summed E-state index contributed by atoms with van der Waals surface area (Å²) in [5, 5.41) is 0. The van der Waals surface area contributed by atoms with Gasteiger partial charge in [-0.05, 0) is 25.0 Å². The molecule has 0 aliphatic carbocycles. The topological polar surface area (TPSA) is 0 Å². The summed E-state index contributed by atoms with van der Waals surface area (Å²) in [6, 6.07) is 0. The van der Waals surface area contributed by atoms with Gasteiger partial charge in [-0.25, -0.2) is 8.78 Å². The van der Waals surface area contributed by atoms with E-state index in [1.807, 2.05) is 6.92 Å². The highest BCUT2D eigenvalue weighted by atomic mass is 19.1. The minimum Gasteiger partial charge on any atom is -0.216 e. The highest BCUT2D eigenvalue weighted by molar-refractivity contribution is 5.27. The Morgan fingerprint density at radius 1 is 1.45 bits per heavy atom. The summed E-state index contributed by atoms with van der Waals surface area (Å²) in [4.78, 5) is 0. The summed E-state index contributed by atoms with van der Waals surface area (Å²) in [6.07, 6.45) is 4.93. The number of hydrogen-bond acceptors (Lipinski definition) is 0. The fourth-order valence-corrected chi connectivity index (χ4v) is 0.704. The Labute approximate surface area is 65.9 Å². The van der Waals surface area contributed by atoms with Crippen molar-refractivity contribution in [2.45, 2.75) is 20.3 Å². The molecule has 62 valence electrons. The van der Waals surface area contributed by atoms with Crippen LogP contribution >= 0.6 is 0 Å². The third kappa shape index (κ3) is 3.71. The van der Waals surface area contributed by atoms with Gasteiger partial charge in [0.1, 0.15) is 5.83 Å². The first-order valence-electron chi connectivity index (χ1n) is 3.54. The van der Waals surface area contributed by atoms with E-state index >= 15 is 0 Å². The second-order valence-corrected chi connectivity index (χ2v) is 2.00. The van der Waals surface area contributed by atoms with Crippen molar-refractivity contribution in [1.82, 2.24) is 0 Å². The molecule has 0 bridgehead atoms. The zero-order valence-corrected chi connectivity index (χ0v) is 6.77. The van der Waals surface area contributed by atoms with Gasteiger partial charge in [-0.2, -0.15) is 0 Å². The second kappa shape index (κ2) is 5.83. The van der Waals surface area contributed by atoms with E-state index in [1.54, 1.807) is 6.92 Å². The molecule has 0 atom stereocenters. The molecule has 0 radical (unpaired) electrons. The van der Waals surface area contributed by atoms with Crippen molar-refractivity contribution in [3.05, 3.63) is 36.0 Å². The minimum absolute atomic E-state index is 0.286. The lowest BCUT2D eigenvalue weighted by Gasteiger charge is -1.97. The van der Waals surface area contributed by atoms with Crippen LogP contribution in [0.2, 0.25) is 0 Å². The maximum absolute atomic E-state index is 12.8. The van der Waals surface area contributed by atoms with E-state index in [0.717, 1.165) is 0 Å². The molecule has 0 rings (SSSR count). The Bertz CT molecular complexity index is 188. The smallest absolute Gasteiger partial charge is 0.122 e. The van der Waals surface area contributed by atoms with Crippen molar-refractivity contribution in [3.8, 4) is 0 Å². The van der Waals surface area contributed by atoms with Crippen LogP contribution in [0.5, 0.6) is 0 Å². The van der Waals surface area contributed by atoms with Gasteiger partial charge in [0.2, 0.25) is 0 Å². The fourth-order valence-electron chi connectivity index (χ4n) is 0.704. The van der Waals surface area contributed by atoms with Crippen molar-refractivity contribution in [2.24, 2.45) is 0 Å². The Morgan fingerprint density at radius 3 is 2.45 bits per heavy atom. The van der Waals surface area contributed by atoms with E-state index in [-0.39, 0.29) is 5.83 Å². The first-order chi connectivity index (χ1) is 5.26. The second-order valence-electron chi connectivity index (χ2n) is 2.00. The standard InChI is InChI=1S/C9H12F2/c1-3-8(6-5-7-10)9(11)4-2/h4-7H,3H2,1-2H3/b7-5+,8-6-,9-4+. The third-order valence-electron chi connectivity index (χ3n) is 1.31. The molecule has 0 unspecified atom stereocenters. The van der Waals surface area contributed by atoms with E-state index in [4.69, 9.17) is 0 Å². The maximum atomic E-state index is 12.8. The van der Waals surface area contributed by atoms with Crippen LogP contribution in [0.3, 0.4) is 0 Å². The quantitative estimate of drug-likeness (QED) is 0.549. The molecule has 0 amide bonds. The normalized spacial score (nSPS) is 14.5. The molecule has 0 N–H and O–H groups in total. The van der Waals surface area contributed by atoms with Gasteiger partial charge in [0, 0.05) is 0 Å². The largest absolute Gasteiger partial charge is 0.216 e. The van der Waals surface area contributed by atoms with Gasteiger partial charge in [0.15, 0.2) is 0 Å². The average molecular weight is 158 g/mol. The van der Waals surface area contributed by atoms with Crippen molar-refractivity contribution in [3.63, 3.8) is 0 Å². The summed E-state index contributed by atoms with van der Waals surface area (Å²) in [7, 11) is 0. The Hall–Kier alpha value is -0.920. The van der Waals surface area contributed by atoms with Crippen molar-refractivity contribution in [2.75, 3.05) is 0 Å². The first kappa shape index (κ1) is 10.1. The van der Waals surface area contributed by atoms with Crippen LogP contribution in [0.15, 0.2) is 36.0 Å². The summed E-state index contributed by atoms with van der Waals surface area (Å²) >= 11 is 0. The predicted molar refractivity (Wildman–Crippen MR) is 43.5 cm³/mol. The molecule has 0 nitrogen and oxygen atoms in total. The van der Waals surface area contributed by atoms with Gasteiger partial charge in [-0.15, -0.1) is 0 Å². The van der Waals surface area contributed by atoms with E-state index in [1.165, 1.54) is 18.2 Å². The zero-order chi connectivity index (χ0) is 8.69. The summed E-state index contributed by atoms with van der Waals surface area (Å²) in [5.74, 6) is -0.286. The Kier molecular flexibility index (Phi) is 5.35. The minimum atomic E-state index is -0.286. The van der Waals surface area contributed by atoms with Crippen molar-refractivity contribution < 1.29 is 8.78 Å². The van der Waals surface area contributed by atoms with Crippen molar-refractivity contribution in [1.29, 1.82) is 0 Å². The lowest BCUT2D eigenvalue weighted by atomic mass is 10.1. The van der Waals surface area contributed by atoms with E-state index in [0.29, 0.717) is 18.3 Å². The first-order valence-corrected chi connectivity index (χ1v) is 3.54. The van der Waals surface area contributed by atoms with E-state index in [2.05, 4.69) is 0 Å². The van der Waals surface area contributed by atoms with Crippen LogP contribution in [0.25, 0.3) is 0 Å². The summed E-state index contributed by atoms with van der Waals surface area (Å²) < 4.78 is 24.2. The summed E-state index contributed by atoms with van der Waals surface area (Å²) in [6.45, 7) is 3.43. The molecule has 0 aliphatic rings. The molecule has 11 heavy (non-hydrogen) atoms. The number of halogens is 2. The van der Waals surface area contributed by atoms with Crippen LogP contribution < -0.4 is 0 Å². The lowest BCUT2D eigenvalue weighted by Crippen LogP contribution is -1.79. The van der Waals surface area contributed by atoms with E-state index < -0.39 is 0 Å². The third-order valence-corrected chi connectivity index (χ3v) is 1.31. The fraction of sp³-hybridized carbons (Fsp3) is 0.333. The highest BCUT2D eigenvalue weighted by Gasteiger charge is 1.97. The Balaban J connectivity index is 4.39. The molecule has 0 fully saturated rings. The molecule has 0 heterocycles. The van der Waals surface area contributed by atoms with Crippen LogP contribution in [0.1, 0.15) is 20.3 Å². The molecule has 0 spiro atoms. The lowest BCUT2D eigenvalue weighted by molar-refractivity contribution is 0.640. The number of allylic oxidation sites excluding steroid dienone is 5. The molecule has 0 aliphatic heterocycles. The Morgan fingerprint density at radius 2 is 2.09 bits per heavy atom. The van der Waals surface area contributed by atoms with Gasteiger partial charge < -0.3 is 0 Å². The maximum Gasteiger partial charge on any atom is 0.122 e. The number of rotatable bonds is 3.